The van der Waals surface area contributed by atoms with Gasteiger partial charge in [-0.25, -0.2) is 9.83 Å². The molecule has 2 aliphatic rings. The molecular formula is C28H28N6O. The van der Waals surface area contributed by atoms with Crippen LogP contribution in [0.2, 0.25) is 0 Å². The highest BCUT2D eigenvalue weighted by atomic mass is 16.5. The van der Waals surface area contributed by atoms with E-state index in [0.717, 1.165) is 71.0 Å². The van der Waals surface area contributed by atoms with Gasteiger partial charge in [0.05, 0.1) is 42.5 Å². The number of hydrogen-bond donors (Lipinski definition) is 1. The molecule has 2 aliphatic heterocycles. The molecular weight excluding hydrogens is 436 g/mol. The van der Waals surface area contributed by atoms with Crippen LogP contribution in [0.15, 0.2) is 55.0 Å². The van der Waals surface area contributed by atoms with E-state index in [0.29, 0.717) is 18.2 Å². The lowest BCUT2D eigenvalue weighted by molar-refractivity contribution is 0.311. The number of benzene rings is 2. The standard InChI is InChI=1S/C28H28N6O/c1-29-22-6-3-20(4-7-22)26-27(21-5-8-23-25(15-21)35-14-13-33(23)2)31-16-24-28(26)32-18-34(24)17-19-9-11-30-12-10-19/h3-8,15-16,18-19,30H,9-14,17H2,2H3. The summed E-state index contributed by atoms with van der Waals surface area (Å²) in [5.41, 5.74) is 7.58. The lowest BCUT2D eigenvalue weighted by Gasteiger charge is -2.28. The number of imidazole rings is 1. The molecule has 2 aromatic carbocycles. The van der Waals surface area contributed by atoms with Gasteiger partial charge in [0.1, 0.15) is 17.9 Å². The van der Waals surface area contributed by atoms with Crippen LogP contribution in [0.25, 0.3) is 38.3 Å². The monoisotopic (exact) mass is 464 g/mol. The minimum absolute atomic E-state index is 0.622. The second-order valence-electron chi connectivity index (χ2n) is 9.42. The molecule has 4 heterocycles. The normalized spacial score (nSPS) is 16.1. The lowest BCUT2D eigenvalue weighted by atomic mass is 9.96. The van der Waals surface area contributed by atoms with E-state index in [9.17, 15) is 0 Å². The summed E-state index contributed by atoms with van der Waals surface area (Å²) >= 11 is 0. The van der Waals surface area contributed by atoms with Crippen molar-refractivity contribution in [3.8, 4) is 28.1 Å². The van der Waals surface area contributed by atoms with Crippen molar-refractivity contribution >= 4 is 22.4 Å². The molecule has 4 aromatic rings. The third-order valence-electron chi connectivity index (χ3n) is 7.20. The van der Waals surface area contributed by atoms with Crippen LogP contribution >= 0.6 is 0 Å². The Morgan fingerprint density at radius 3 is 2.69 bits per heavy atom. The van der Waals surface area contributed by atoms with Gasteiger partial charge in [0.15, 0.2) is 5.69 Å². The molecule has 0 saturated carbocycles. The Labute approximate surface area is 205 Å². The zero-order valence-electron chi connectivity index (χ0n) is 19.9. The first-order valence-electron chi connectivity index (χ1n) is 12.2. The quantitative estimate of drug-likeness (QED) is 0.424. The first-order valence-corrected chi connectivity index (χ1v) is 12.2. The van der Waals surface area contributed by atoms with Crippen molar-refractivity contribution in [1.29, 1.82) is 0 Å². The summed E-state index contributed by atoms with van der Waals surface area (Å²) in [5.74, 6) is 1.52. The Balaban J connectivity index is 1.49. The third-order valence-corrected chi connectivity index (χ3v) is 7.20. The molecule has 0 amide bonds. The molecule has 1 fully saturated rings. The minimum atomic E-state index is 0.622. The fraction of sp³-hybridized carbons (Fsp3) is 0.321. The number of nitrogens with zero attached hydrogens (tertiary/aromatic N) is 5. The third kappa shape index (κ3) is 4.00. The van der Waals surface area contributed by atoms with Crippen LogP contribution in [-0.2, 0) is 6.54 Å². The van der Waals surface area contributed by atoms with E-state index < -0.39 is 0 Å². The number of rotatable bonds is 4. The molecule has 0 atom stereocenters. The highest BCUT2D eigenvalue weighted by Gasteiger charge is 2.22. The second-order valence-corrected chi connectivity index (χ2v) is 9.42. The molecule has 1 N–H and O–H groups in total. The van der Waals surface area contributed by atoms with E-state index in [2.05, 4.69) is 44.9 Å². The van der Waals surface area contributed by atoms with Crippen LogP contribution in [0.1, 0.15) is 12.8 Å². The van der Waals surface area contributed by atoms with E-state index in [1.165, 1.54) is 12.8 Å². The summed E-state index contributed by atoms with van der Waals surface area (Å²) in [5, 5.41) is 3.45. The highest BCUT2D eigenvalue weighted by molar-refractivity contribution is 5.99. The van der Waals surface area contributed by atoms with E-state index in [1.807, 2.05) is 36.8 Å². The van der Waals surface area contributed by atoms with Gasteiger partial charge in [-0.2, -0.15) is 0 Å². The largest absolute Gasteiger partial charge is 0.490 e. The number of anilines is 1. The van der Waals surface area contributed by atoms with E-state index in [-0.39, 0.29) is 0 Å². The molecule has 0 unspecified atom stereocenters. The Hall–Kier alpha value is -3.89. The zero-order chi connectivity index (χ0) is 23.8. The van der Waals surface area contributed by atoms with Crippen molar-refractivity contribution < 1.29 is 4.74 Å². The maximum Gasteiger partial charge on any atom is 0.187 e. The fourth-order valence-corrected chi connectivity index (χ4v) is 5.21. The maximum absolute atomic E-state index is 7.33. The van der Waals surface area contributed by atoms with Gasteiger partial charge >= 0.3 is 0 Å². The van der Waals surface area contributed by atoms with Crippen LogP contribution < -0.4 is 15.0 Å². The van der Waals surface area contributed by atoms with Gasteiger partial charge in [0, 0.05) is 24.7 Å². The molecule has 7 nitrogen and oxygen atoms in total. The lowest BCUT2D eigenvalue weighted by Crippen LogP contribution is -2.29. The van der Waals surface area contributed by atoms with Gasteiger partial charge < -0.3 is 19.5 Å². The maximum atomic E-state index is 7.33. The number of pyridine rings is 1. The Morgan fingerprint density at radius 1 is 1.09 bits per heavy atom. The molecule has 0 radical (unpaired) electrons. The summed E-state index contributed by atoms with van der Waals surface area (Å²) in [7, 11) is 2.09. The predicted molar refractivity (Wildman–Crippen MR) is 139 cm³/mol. The number of nitrogens with one attached hydrogen (secondary N) is 1. The predicted octanol–water partition coefficient (Wildman–Crippen LogP) is 5.14. The van der Waals surface area contributed by atoms with Gasteiger partial charge in [-0.1, -0.05) is 30.3 Å². The number of piperidine rings is 1. The molecule has 1 saturated heterocycles. The van der Waals surface area contributed by atoms with Crippen LogP contribution in [-0.4, -0.2) is 47.8 Å². The molecule has 2 aromatic heterocycles. The van der Waals surface area contributed by atoms with Crippen LogP contribution in [0.3, 0.4) is 0 Å². The number of ether oxygens (including phenoxy) is 1. The minimum Gasteiger partial charge on any atom is -0.490 e. The molecule has 176 valence electrons. The van der Waals surface area contributed by atoms with E-state index >= 15 is 0 Å². The van der Waals surface area contributed by atoms with Gasteiger partial charge in [-0.05, 0) is 49.5 Å². The highest BCUT2D eigenvalue weighted by Crippen LogP contribution is 2.40. The van der Waals surface area contributed by atoms with Crippen LogP contribution in [0.5, 0.6) is 5.75 Å². The number of hydrogen-bond acceptors (Lipinski definition) is 5. The topological polar surface area (TPSA) is 59.6 Å². The van der Waals surface area contributed by atoms with Crippen molar-refractivity contribution in [3.05, 3.63) is 66.4 Å². The summed E-state index contributed by atoms with van der Waals surface area (Å²) in [6, 6.07) is 14.0. The summed E-state index contributed by atoms with van der Waals surface area (Å²) in [4.78, 5) is 15.7. The molecule has 7 heteroatoms. The Bertz CT molecular complexity index is 1410. The zero-order valence-corrected chi connectivity index (χ0v) is 19.9. The molecule has 0 bridgehead atoms. The van der Waals surface area contributed by atoms with Crippen LogP contribution in [0, 0.1) is 12.5 Å². The van der Waals surface area contributed by atoms with Crippen molar-refractivity contribution in [2.75, 3.05) is 38.2 Å². The van der Waals surface area contributed by atoms with Gasteiger partial charge in [-0.3, -0.25) is 4.98 Å². The van der Waals surface area contributed by atoms with Crippen molar-refractivity contribution in [2.24, 2.45) is 5.92 Å². The average Bonchev–Trinajstić information content (AvgIpc) is 3.31. The van der Waals surface area contributed by atoms with E-state index in [1.54, 1.807) is 0 Å². The smallest absolute Gasteiger partial charge is 0.187 e. The van der Waals surface area contributed by atoms with Crippen LogP contribution in [0.4, 0.5) is 11.4 Å². The number of aromatic nitrogens is 3. The SMILES string of the molecule is [C-]#[N+]c1ccc(-c2c(-c3ccc4c(c3)OCCN4C)ncc3c2ncn3CC2CCNCC2)cc1. The second kappa shape index (κ2) is 9.05. The molecule has 35 heavy (non-hydrogen) atoms. The van der Waals surface area contributed by atoms with E-state index in [4.69, 9.17) is 21.3 Å². The Kier molecular flexibility index (Phi) is 5.59. The first kappa shape index (κ1) is 21.6. The average molecular weight is 465 g/mol. The van der Waals surface area contributed by atoms with Gasteiger partial charge in [0.2, 0.25) is 0 Å². The molecule has 0 aliphatic carbocycles. The number of fused-ring (bicyclic) bond motifs is 2. The molecule has 0 spiro atoms. The van der Waals surface area contributed by atoms with Crippen molar-refractivity contribution in [2.45, 2.75) is 19.4 Å². The van der Waals surface area contributed by atoms with Crippen molar-refractivity contribution in [1.82, 2.24) is 19.9 Å². The fourth-order valence-electron chi connectivity index (χ4n) is 5.21. The molecule has 6 rings (SSSR count). The van der Waals surface area contributed by atoms with Crippen molar-refractivity contribution in [3.63, 3.8) is 0 Å². The van der Waals surface area contributed by atoms with Gasteiger partial charge in [0.25, 0.3) is 0 Å². The summed E-state index contributed by atoms with van der Waals surface area (Å²) < 4.78 is 8.23. The number of likely N-dealkylation sites (N-methyl/N-ethyl adjacent to an activating group) is 1. The Morgan fingerprint density at radius 2 is 1.89 bits per heavy atom. The first-order chi connectivity index (χ1) is 17.2. The van der Waals surface area contributed by atoms with Gasteiger partial charge in [-0.15, -0.1) is 0 Å². The summed E-state index contributed by atoms with van der Waals surface area (Å²) in [6.07, 6.45) is 6.28. The summed E-state index contributed by atoms with van der Waals surface area (Å²) in [6.45, 7) is 12.0.